The third kappa shape index (κ3) is 7.20. The lowest BCUT2D eigenvalue weighted by atomic mass is 10.1. The van der Waals surface area contributed by atoms with Gasteiger partial charge in [0, 0.05) is 33.7 Å². The largest absolute Gasteiger partial charge is 0.410 e. The number of halogens is 2. The fourth-order valence-corrected chi connectivity index (χ4v) is 4.01. The van der Waals surface area contributed by atoms with E-state index in [2.05, 4.69) is 10.5 Å². The van der Waals surface area contributed by atoms with Crippen LogP contribution in [0.5, 0.6) is 0 Å². The molecule has 132 valence electrons. The van der Waals surface area contributed by atoms with Crippen LogP contribution in [0.4, 0.5) is 0 Å². The second kappa shape index (κ2) is 10.6. The van der Waals surface area contributed by atoms with Crippen molar-refractivity contribution in [1.82, 2.24) is 5.32 Å². The molecule has 4 nitrogen and oxygen atoms in total. The molecule has 0 unspecified atom stereocenters. The Labute approximate surface area is 164 Å². The lowest BCUT2D eigenvalue weighted by Crippen LogP contribution is -2.33. The van der Waals surface area contributed by atoms with E-state index in [1.807, 2.05) is 24.3 Å². The summed E-state index contributed by atoms with van der Waals surface area (Å²) in [5.74, 6) is 0.341. The molecule has 2 aromatic carbocycles. The van der Waals surface area contributed by atoms with Crippen LogP contribution in [0, 0.1) is 0 Å². The number of carbonyl (C=O) groups is 1. The number of hydrogen-bond donors (Lipinski definition) is 2. The first-order valence-electron chi connectivity index (χ1n) is 7.37. The van der Waals surface area contributed by atoms with E-state index in [0.29, 0.717) is 16.6 Å². The monoisotopic (exact) mass is 414 g/mol. The minimum Gasteiger partial charge on any atom is -0.410 e. The summed E-state index contributed by atoms with van der Waals surface area (Å²) in [6.45, 7) is 0.476. The minimum atomic E-state index is -0.380. The van der Waals surface area contributed by atoms with Gasteiger partial charge >= 0.3 is 0 Å². The Bertz CT molecular complexity index is 722. The van der Waals surface area contributed by atoms with Gasteiger partial charge in [0.05, 0.1) is 0 Å². The van der Waals surface area contributed by atoms with Crippen molar-refractivity contribution >= 4 is 56.4 Å². The van der Waals surface area contributed by atoms with Crippen LogP contribution in [0.1, 0.15) is 5.56 Å². The predicted octanol–water partition coefficient (Wildman–Crippen LogP) is 4.92. The van der Waals surface area contributed by atoms with E-state index in [-0.39, 0.29) is 18.0 Å². The molecule has 0 saturated carbocycles. The Balaban J connectivity index is 1.71. The number of hydrogen-bond acceptors (Lipinski definition) is 5. The highest BCUT2D eigenvalue weighted by Crippen LogP contribution is 2.31. The highest BCUT2D eigenvalue weighted by molar-refractivity contribution is 8.76. The summed E-state index contributed by atoms with van der Waals surface area (Å²) in [7, 11) is 3.23. The molecule has 0 spiro atoms. The molecule has 2 aromatic rings. The van der Waals surface area contributed by atoms with Gasteiger partial charge in [-0.25, -0.2) is 0 Å². The first-order chi connectivity index (χ1) is 12.1. The molecule has 0 fully saturated rings. The van der Waals surface area contributed by atoms with E-state index >= 15 is 0 Å². The fraction of sp³-hybridized carbons (Fsp3) is 0.176. The SMILES string of the molecule is O=C(NCCSSc1ccc(Cl)cc1)/C(Cc1ccc(Cl)cc1)=N/O. The number of carbonyl (C=O) groups excluding carboxylic acids is 1. The van der Waals surface area contributed by atoms with E-state index in [0.717, 1.165) is 16.2 Å². The maximum absolute atomic E-state index is 12.1. The summed E-state index contributed by atoms with van der Waals surface area (Å²) >= 11 is 11.7. The Kier molecular flexibility index (Phi) is 8.48. The Hall–Kier alpha value is -1.34. The number of benzene rings is 2. The van der Waals surface area contributed by atoms with Gasteiger partial charge in [-0.05, 0) is 42.0 Å². The van der Waals surface area contributed by atoms with Gasteiger partial charge in [-0.1, -0.05) is 62.1 Å². The van der Waals surface area contributed by atoms with Gasteiger partial charge in [0.25, 0.3) is 5.91 Å². The van der Waals surface area contributed by atoms with E-state index < -0.39 is 0 Å². The van der Waals surface area contributed by atoms with Crippen LogP contribution in [0.2, 0.25) is 10.0 Å². The lowest BCUT2D eigenvalue weighted by Gasteiger charge is -2.07. The maximum Gasteiger partial charge on any atom is 0.269 e. The molecule has 0 aromatic heterocycles. The molecule has 0 radical (unpaired) electrons. The van der Waals surface area contributed by atoms with E-state index in [4.69, 9.17) is 28.4 Å². The van der Waals surface area contributed by atoms with Crippen LogP contribution in [0.25, 0.3) is 0 Å². The number of nitrogens with zero attached hydrogens (tertiary/aromatic N) is 1. The smallest absolute Gasteiger partial charge is 0.269 e. The highest BCUT2D eigenvalue weighted by Gasteiger charge is 2.12. The number of nitrogens with one attached hydrogen (secondary N) is 1. The first kappa shape index (κ1) is 20.0. The molecule has 0 saturated heterocycles. The summed E-state index contributed by atoms with van der Waals surface area (Å²) in [6.07, 6.45) is 0.242. The number of amides is 1. The van der Waals surface area contributed by atoms with Gasteiger partial charge in [0.2, 0.25) is 0 Å². The summed E-state index contributed by atoms with van der Waals surface area (Å²) in [4.78, 5) is 13.2. The summed E-state index contributed by atoms with van der Waals surface area (Å²) in [5.41, 5.74) is 0.915. The second-order valence-corrected chi connectivity index (χ2v) is 8.33. The molecule has 1 amide bonds. The Morgan fingerprint density at radius 1 is 1.04 bits per heavy atom. The predicted molar refractivity (Wildman–Crippen MR) is 107 cm³/mol. The summed E-state index contributed by atoms with van der Waals surface area (Å²) in [6, 6.07) is 14.6. The van der Waals surface area contributed by atoms with Gasteiger partial charge < -0.3 is 10.5 Å². The first-order valence-corrected chi connectivity index (χ1v) is 10.4. The van der Waals surface area contributed by atoms with Crippen molar-refractivity contribution in [3.8, 4) is 0 Å². The molecule has 0 aliphatic carbocycles. The zero-order chi connectivity index (χ0) is 18.1. The molecule has 8 heteroatoms. The fourth-order valence-electron chi connectivity index (χ4n) is 1.86. The molecule has 0 aliphatic heterocycles. The van der Waals surface area contributed by atoms with Gasteiger partial charge in [0.15, 0.2) is 0 Å². The van der Waals surface area contributed by atoms with E-state index in [1.165, 1.54) is 0 Å². The number of rotatable bonds is 8. The van der Waals surface area contributed by atoms with Crippen molar-refractivity contribution in [3.63, 3.8) is 0 Å². The van der Waals surface area contributed by atoms with Gasteiger partial charge in [-0.2, -0.15) is 0 Å². The van der Waals surface area contributed by atoms with Gasteiger partial charge in [-0.15, -0.1) is 0 Å². The molecule has 0 atom stereocenters. The van der Waals surface area contributed by atoms with Crippen LogP contribution < -0.4 is 5.32 Å². The third-order valence-corrected chi connectivity index (χ3v) is 6.00. The van der Waals surface area contributed by atoms with Crippen LogP contribution in [-0.2, 0) is 11.2 Å². The van der Waals surface area contributed by atoms with Gasteiger partial charge in [-0.3, -0.25) is 4.79 Å². The normalized spacial score (nSPS) is 11.4. The molecule has 0 aliphatic rings. The molecular formula is C17H16Cl2N2O2S2. The van der Waals surface area contributed by atoms with Crippen molar-refractivity contribution in [1.29, 1.82) is 0 Å². The topological polar surface area (TPSA) is 61.7 Å². The average molecular weight is 415 g/mol. The second-order valence-electron chi connectivity index (χ2n) is 4.97. The Morgan fingerprint density at radius 3 is 2.24 bits per heavy atom. The minimum absolute atomic E-state index is 0.0673. The maximum atomic E-state index is 12.1. The van der Waals surface area contributed by atoms with Crippen molar-refractivity contribution < 1.29 is 10.0 Å². The quantitative estimate of drug-likeness (QED) is 0.211. The van der Waals surface area contributed by atoms with E-state index in [9.17, 15) is 4.79 Å². The van der Waals surface area contributed by atoms with Crippen molar-refractivity contribution in [2.75, 3.05) is 12.3 Å². The van der Waals surface area contributed by atoms with Crippen LogP contribution in [0.15, 0.2) is 58.6 Å². The van der Waals surface area contributed by atoms with Crippen LogP contribution in [-0.4, -0.2) is 29.1 Å². The van der Waals surface area contributed by atoms with Crippen LogP contribution >= 0.6 is 44.8 Å². The third-order valence-electron chi connectivity index (χ3n) is 3.11. The average Bonchev–Trinajstić information content (AvgIpc) is 2.62. The van der Waals surface area contributed by atoms with E-state index in [1.54, 1.807) is 45.9 Å². The van der Waals surface area contributed by atoms with Crippen molar-refractivity contribution in [2.45, 2.75) is 11.3 Å². The molecule has 2 N–H and O–H groups in total. The number of oxime groups is 1. The van der Waals surface area contributed by atoms with Crippen LogP contribution in [0.3, 0.4) is 0 Å². The molecule has 0 bridgehead atoms. The standard InChI is InChI=1S/C17H16Cl2N2O2S2/c18-13-3-1-12(2-4-13)11-16(21-23)17(22)20-9-10-24-25-15-7-5-14(19)6-8-15/h1-8,23H,9-11H2,(H,20,22)/b21-16+. The molecule has 0 heterocycles. The molecular weight excluding hydrogens is 399 g/mol. The zero-order valence-corrected chi connectivity index (χ0v) is 16.3. The highest BCUT2D eigenvalue weighted by atomic mass is 35.5. The van der Waals surface area contributed by atoms with Crippen molar-refractivity contribution in [3.05, 3.63) is 64.1 Å². The summed E-state index contributed by atoms with van der Waals surface area (Å²) < 4.78 is 0. The molecule has 2 rings (SSSR count). The zero-order valence-electron chi connectivity index (χ0n) is 13.1. The van der Waals surface area contributed by atoms with Crippen molar-refractivity contribution in [2.24, 2.45) is 5.16 Å². The summed E-state index contributed by atoms with van der Waals surface area (Å²) in [5, 5.41) is 16.2. The Morgan fingerprint density at radius 2 is 1.64 bits per heavy atom. The van der Waals surface area contributed by atoms with Gasteiger partial charge in [0.1, 0.15) is 5.71 Å². The molecule has 25 heavy (non-hydrogen) atoms. The lowest BCUT2D eigenvalue weighted by molar-refractivity contribution is -0.114.